The number of hydrogen-bond donors (Lipinski definition) is 2. The fraction of sp³-hybridized carbons (Fsp3) is 0.222. The summed E-state index contributed by atoms with van der Waals surface area (Å²) in [5.41, 5.74) is 0.949. The first-order valence-corrected chi connectivity index (χ1v) is 5.70. The minimum Gasteiger partial charge on any atom is -0.332 e. The fourth-order valence-corrected chi connectivity index (χ4v) is 1.41. The SMILES string of the molecule is CSc1ccc(NC(=S)N(C)N)cc1. The highest BCUT2D eigenvalue weighted by atomic mass is 32.2. The highest BCUT2D eigenvalue weighted by molar-refractivity contribution is 7.98. The second-order valence-electron chi connectivity index (χ2n) is 2.77. The van der Waals surface area contributed by atoms with Gasteiger partial charge in [-0.2, -0.15) is 0 Å². The second kappa shape index (κ2) is 5.19. The Balaban J connectivity index is 2.64. The van der Waals surface area contributed by atoms with Gasteiger partial charge in [-0.1, -0.05) is 0 Å². The number of nitrogens with zero attached hydrogens (tertiary/aromatic N) is 1. The number of nitrogens with two attached hydrogens (primary N) is 1. The van der Waals surface area contributed by atoms with Crippen LogP contribution in [-0.4, -0.2) is 23.4 Å². The molecule has 0 fully saturated rings. The van der Waals surface area contributed by atoms with Crippen LogP contribution < -0.4 is 11.2 Å². The van der Waals surface area contributed by atoms with Gasteiger partial charge in [0.15, 0.2) is 5.11 Å². The van der Waals surface area contributed by atoms with Crippen molar-refractivity contribution in [1.29, 1.82) is 0 Å². The van der Waals surface area contributed by atoms with Gasteiger partial charge in [-0.05, 0) is 42.7 Å². The summed E-state index contributed by atoms with van der Waals surface area (Å²) in [5.74, 6) is 5.47. The van der Waals surface area contributed by atoms with Crippen LogP contribution in [-0.2, 0) is 0 Å². The molecular weight excluding hydrogens is 214 g/mol. The molecule has 3 N–H and O–H groups in total. The second-order valence-corrected chi connectivity index (χ2v) is 4.04. The highest BCUT2D eigenvalue weighted by Gasteiger charge is 1.99. The van der Waals surface area contributed by atoms with Crippen molar-refractivity contribution in [2.75, 3.05) is 18.6 Å². The van der Waals surface area contributed by atoms with Gasteiger partial charge in [0.2, 0.25) is 0 Å². The molecule has 14 heavy (non-hydrogen) atoms. The Bertz CT molecular complexity index is 308. The van der Waals surface area contributed by atoms with E-state index in [4.69, 9.17) is 18.1 Å². The van der Waals surface area contributed by atoms with Gasteiger partial charge in [-0.25, -0.2) is 5.84 Å². The largest absolute Gasteiger partial charge is 0.332 e. The highest BCUT2D eigenvalue weighted by Crippen LogP contribution is 2.17. The third kappa shape index (κ3) is 3.17. The van der Waals surface area contributed by atoms with Gasteiger partial charge in [0.25, 0.3) is 0 Å². The Morgan fingerprint density at radius 3 is 2.43 bits per heavy atom. The van der Waals surface area contributed by atoms with Crippen LogP contribution in [0.1, 0.15) is 0 Å². The zero-order chi connectivity index (χ0) is 10.6. The van der Waals surface area contributed by atoms with Crippen LogP contribution in [0.15, 0.2) is 29.2 Å². The molecule has 0 amide bonds. The number of hydrogen-bond acceptors (Lipinski definition) is 3. The maximum absolute atomic E-state index is 5.47. The predicted molar refractivity (Wildman–Crippen MR) is 66.4 cm³/mol. The summed E-state index contributed by atoms with van der Waals surface area (Å²) in [4.78, 5) is 1.22. The van der Waals surface area contributed by atoms with Crippen molar-refractivity contribution in [1.82, 2.24) is 5.01 Å². The average Bonchev–Trinajstić information content (AvgIpc) is 2.19. The number of hydrazine groups is 1. The molecule has 0 saturated carbocycles. The first-order valence-electron chi connectivity index (χ1n) is 4.07. The molecule has 5 heteroatoms. The van der Waals surface area contributed by atoms with Crippen LogP contribution in [0.4, 0.5) is 5.69 Å². The quantitative estimate of drug-likeness (QED) is 0.350. The molecular formula is C9H13N3S2. The van der Waals surface area contributed by atoms with E-state index in [0.29, 0.717) is 5.11 Å². The molecule has 0 radical (unpaired) electrons. The number of thioether (sulfide) groups is 1. The van der Waals surface area contributed by atoms with E-state index in [1.54, 1.807) is 18.8 Å². The van der Waals surface area contributed by atoms with Crippen LogP contribution >= 0.6 is 24.0 Å². The third-order valence-corrected chi connectivity index (χ3v) is 2.80. The van der Waals surface area contributed by atoms with Crippen molar-refractivity contribution >= 4 is 34.8 Å². The first kappa shape index (κ1) is 11.3. The summed E-state index contributed by atoms with van der Waals surface area (Å²) in [6.45, 7) is 0. The molecule has 0 saturated heterocycles. The van der Waals surface area contributed by atoms with E-state index < -0.39 is 0 Å². The van der Waals surface area contributed by atoms with Gasteiger partial charge in [-0.3, -0.25) is 5.01 Å². The van der Waals surface area contributed by atoms with Crippen molar-refractivity contribution in [3.8, 4) is 0 Å². The number of anilines is 1. The zero-order valence-corrected chi connectivity index (χ0v) is 9.78. The van der Waals surface area contributed by atoms with Gasteiger partial charge in [0, 0.05) is 17.6 Å². The Kier molecular flexibility index (Phi) is 4.19. The molecule has 0 aromatic heterocycles. The summed E-state index contributed by atoms with van der Waals surface area (Å²) >= 11 is 6.71. The lowest BCUT2D eigenvalue weighted by molar-refractivity contribution is 0.548. The molecule has 1 aromatic carbocycles. The monoisotopic (exact) mass is 227 g/mol. The van der Waals surface area contributed by atoms with E-state index in [-0.39, 0.29) is 0 Å². The van der Waals surface area contributed by atoms with Crippen molar-refractivity contribution in [2.24, 2.45) is 5.84 Å². The van der Waals surface area contributed by atoms with Crippen molar-refractivity contribution in [2.45, 2.75) is 4.90 Å². The molecule has 0 bridgehead atoms. The number of thiocarbonyl (C=S) groups is 1. The Morgan fingerprint density at radius 2 is 2.00 bits per heavy atom. The molecule has 0 atom stereocenters. The molecule has 1 rings (SSSR count). The van der Waals surface area contributed by atoms with E-state index in [9.17, 15) is 0 Å². The lowest BCUT2D eigenvalue weighted by Gasteiger charge is -2.14. The van der Waals surface area contributed by atoms with Crippen LogP contribution in [0.3, 0.4) is 0 Å². The minimum atomic E-state index is 0.502. The van der Waals surface area contributed by atoms with Gasteiger partial charge in [-0.15, -0.1) is 11.8 Å². The molecule has 1 aromatic rings. The Labute approximate surface area is 93.6 Å². The smallest absolute Gasteiger partial charge is 0.187 e. The van der Waals surface area contributed by atoms with E-state index in [0.717, 1.165) is 5.69 Å². The molecule has 0 unspecified atom stereocenters. The summed E-state index contributed by atoms with van der Waals surface area (Å²) < 4.78 is 0. The molecule has 0 aliphatic carbocycles. The lowest BCUT2D eigenvalue weighted by Crippen LogP contribution is -2.36. The minimum absolute atomic E-state index is 0.502. The number of nitrogens with one attached hydrogen (secondary N) is 1. The number of rotatable bonds is 2. The average molecular weight is 227 g/mol. The van der Waals surface area contributed by atoms with Crippen molar-refractivity contribution in [3.05, 3.63) is 24.3 Å². The molecule has 0 aliphatic heterocycles. The van der Waals surface area contributed by atoms with Crippen molar-refractivity contribution in [3.63, 3.8) is 0 Å². The summed E-state index contributed by atoms with van der Waals surface area (Å²) in [7, 11) is 1.70. The van der Waals surface area contributed by atoms with E-state index >= 15 is 0 Å². The Morgan fingerprint density at radius 1 is 1.43 bits per heavy atom. The van der Waals surface area contributed by atoms with E-state index in [2.05, 4.69) is 5.32 Å². The van der Waals surface area contributed by atoms with Crippen LogP contribution in [0, 0.1) is 0 Å². The van der Waals surface area contributed by atoms with Gasteiger partial charge in [0.1, 0.15) is 0 Å². The predicted octanol–water partition coefficient (Wildman–Crippen LogP) is 1.91. The molecule has 3 nitrogen and oxygen atoms in total. The molecule has 0 aliphatic rings. The molecule has 76 valence electrons. The standard InChI is InChI=1S/C9H13N3S2/c1-12(10)9(13)11-7-3-5-8(14-2)6-4-7/h3-6H,10H2,1-2H3,(H,11,13). The van der Waals surface area contributed by atoms with E-state index in [1.807, 2.05) is 30.5 Å². The molecule has 0 spiro atoms. The first-order chi connectivity index (χ1) is 6.63. The maximum Gasteiger partial charge on any atom is 0.187 e. The van der Waals surface area contributed by atoms with Gasteiger partial charge >= 0.3 is 0 Å². The topological polar surface area (TPSA) is 41.3 Å². The molecule has 0 heterocycles. The fourth-order valence-electron chi connectivity index (χ4n) is 0.886. The van der Waals surface area contributed by atoms with Crippen LogP contribution in [0.2, 0.25) is 0 Å². The summed E-state index contributed by atoms with van der Waals surface area (Å²) in [6, 6.07) is 8.02. The van der Waals surface area contributed by atoms with Gasteiger partial charge in [0.05, 0.1) is 0 Å². The third-order valence-electron chi connectivity index (χ3n) is 1.66. The zero-order valence-electron chi connectivity index (χ0n) is 8.15. The van der Waals surface area contributed by atoms with Crippen molar-refractivity contribution < 1.29 is 0 Å². The van der Waals surface area contributed by atoms with Crippen LogP contribution in [0.25, 0.3) is 0 Å². The maximum atomic E-state index is 5.47. The summed E-state index contributed by atoms with van der Waals surface area (Å²) in [6.07, 6.45) is 2.04. The Hall–Kier alpha value is -0.780. The van der Waals surface area contributed by atoms with Crippen LogP contribution in [0.5, 0.6) is 0 Å². The normalized spacial score (nSPS) is 9.64. The lowest BCUT2D eigenvalue weighted by atomic mass is 10.3. The number of benzene rings is 1. The summed E-state index contributed by atoms with van der Waals surface area (Å²) in [5, 5.41) is 4.89. The van der Waals surface area contributed by atoms with Gasteiger partial charge < -0.3 is 5.32 Å². The van der Waals surface area contributed by atoms with E-state index in [1.165, 1.54) is 9.90 Å².